The van der Waals surface area contributed by atoms with E-state index in [1.807, 2.05) is 0 Å². The maximum absolute atomic E-state index is 13.2. The predicted molar refractivity (Wildman–Crippen MR) is 142 cm³/mol. The first kappa shape index (κ1) is 39.5. The van der Waals surface area contributed by atoms with Crippen LogP contribution in [0, 0.1) is 13.8 Å². The Balaban J connectivity index is 0. The minimum atomic E-state index is -4.91. The molecule has 0 saturated carbocycles. The van der Waals surface area contributed by atoms with Crippen LogP contribution in [0.15, 0.2) is 55.8 Å². The fraction of sp³-hybridized carbons (Fsp3) is 0.0909. The molecule has 14 nitrogen and oxygen atoms in total. The molecule has 0 atom stereocenters. The normalized spacial score (nSPS) is 10.9. The maximum Gasteiger partial charge on any atom is 3.00 e. The Labute approximate surface area is 247 Å². The number of aryl methyl sites for hydroxylation is 2. The van der Waals surface area contributed by atoms with Gasteiger partial charge in [-0.1, -0.05) is 0 Å². The fourth-order valence-corrected chi connectivity index (χ4v) is 5.74. The molecule has 0 saturated heterocycles. The summed E-state index contributed by atoms with van der Waals surface area (Å²) in [6, 6.07) is 7.81. The van der Waals surface area contributed by atoms with E-state index < -0.39 is 40.9 Å². The number of nitrogens with one attached hydrogen (secondary N) is 2. The smallest absolute Gasteiger partial charge is 0.870 e. The monoisotopic (exact) mass is 620 g/mol. The standard InChI is InChI=1S/C22H16N2O8S2.2Al.4H2O/c1-9-3-13-19(17(5-9)33(27,28)29)23-15-8-12-16(7-11(15)21(13)25)24-20-14(22(12)26)4-10(2)6-18(20)34(30,31)32;;;;;;/h3-8H,1-2H3,(H,23,25)(H,24,26)(H,27,28,29)(H,30,31,32);;;4*1H2/q;2*+3;;;;/p-6. The topological polar surface area (TPSA) is 300 Å². The van der Waals surface area contributed by atoms with Crippen LogP contribution >= 0.6 is 0 Å². The van der Waals surface area contributed by atoms with Gasteiger partial charge in [0.25, 0.3) is 0 Å². The van der Waals surface area contributed by atoms with Crippen molar-refractivity contribution < 1.29 is 47.8 Å². The SMILES string of the molecule is Cc1cc(S(=O)(=O)[O-])c2[nH]c3cc4c(=O)c5cc(C)cc(S(=O)(=O)[O-])c5[nH]c4cc3c(=O)c2c1.[Al+3].[Al+3].[OH-].[OH-].[OH-].[OH-]. The van der Waals surface area contributed by atoms with Gasteiger partial charge in [0, 0.05) is 21.5 Å². The molecule has 5 aromatic rings. The summed E-state index contributed by atoms with van der Waals surface area (Å²) in [5.41, 5.74) is -0.571. The molecule has 0 bridgehead atoms. The second-order valence-corrected chi connectivity index (χ2v) is 10.8. The molecule has 40 heavy (non-hydrogen) atoms. The van der Waals surface area contributed by atoms with Gasteiger partial charge in [-0.25, -0.2) is 16.8 Å². The number of aromatic amines is 2. The van der Waals surface area contributed by atoms with Crippen LogP contribution in [0.25, 0.3) is 43.6 Å². The van der Waals surface area contributed by atoms with Crippen molar-refractivity contribution in [1.29, 1.82) is 0 Å². The zero-order chi connectivity index (χ0) is 24.7. The number of pyridine rings is 2. The van der Waals surface area contributed by atoms with E-state index in [4.69, 9.17) is 0 Å². The van der Waals surface area contributed by atoms with E-state index in [-0.39, 0.29) is 100 Å². The summed E-state index contributed by atoms with van der Waals surface area (Å²) in [6.45, 7) is 3.07. The Bertz CT molecular complexity index is 1940. The number of rotatable bonds is 2. The van der Waals surface area contributed by atoms with Crippen molar-refractivity contribution in [2.24, 2.45) is 0 Å². The van der Waals surface area contributed by atoms with E-state index in [1.54, 1.807) is 0 Å². The number of aromatic nitrogens is 2. The van der Waals surface area contributed by atoms with Crippen LogP contribution in [0.1, 0.15) is 11.1 Å². The Hall–Kier alpha value is -2.68. The summed E-state index contributed by atoms with van der Waals surface area (Å²) in [7, 11) is -9.83. The molecule has 2 aromatic heterocycles. The molecule has 0 radical (unpaired) electrons. The quantitative estimate of drug-likeness (QED) is 0.156. The van der Waals surface area contributed by atoms with Crippen molar-refractivity contribution >= 4 is 98.6 Å². The van der Waals surface area contributed by atoms with Gasteiger partial charge in [-0.2, -0.15) is 0 Å². The van der Waals surface area contributed by atoms with Gasteiger partial charge in [0.05, 0.1) is 31.9 Å². The zero-order valence-corrected chi connectivity index (χ0v) is 24.4. The summed E-state index contributed by atoms with van der Waals surface area (Å²) in [6.07, 6.45) is 0. The largest absolute Gasteiger partial charge is 3.00 e. The van der Waals surface area contributed by atoms with Crippen molar-refractivity contribution in [2.75, 3.05) is 0 Å². The molecule has 0 amide bonds. The average Bonchev–Trinajstić information content (AvgIpc) is 2.72. The minimum absolute atomic E-state index is 0. The zero-order valence-electron chi connectivity index (χ0n) is 20.5. The molecule has 6 N–H and O–H groups in total. The molecular formula is C22H18Al2N2O12S2. The first-order valence-corrected chi connectivity index (χ1v) is 12.6. The molecule has 18 heteroatoms. The molecule has 0 aliphatic rings. The minimum Gasteiger partial charge on any atom is -0.870 e. The molecule has 0 fully saturated rings. The summed E-state index contributed by atoms with van der Waals surface area (Å²) in [5.74, 6) is 0. The first-order chi connectivity index (χ1) is 15.8. The summed E-state index contributed by atoms with van der Waals surface area (Å²) in [4.78, 5) is 30.9. The van der Waals surface area contributed by atoms with Crippen LogP contribution in [-0.4, -0.2) is 92.5 Å². The molecule has 2 heterocycles. The van der Waals surface area contributed by atoms with Gasteiger partial charge >= 0.3 is 34.7 Å². The van der Waals surface area contributed by atoms with Crippen LogP contribution in [0.5, 0.6) is 0 Å². The van der Waals surface area contributed by atoms with Crippen LogP contribution in [0.3, 0.4) is 0 Å². The van der Waals surface area contributed by atoms with Crippen molar-refractivity contribution in [3.63, 3.8) is 0 Å². The van der Waals surface area contributed by atoms with Crippen LogP contribution < -0.4 is 10.9 Å². The molecule has 0 unspecified atom stereocenters. The van der Waals surface area contributed by atoms with E-state index in [2.05, 4.69) is 9.97 Å². The molecule has 3 aromatic carbocycles. The van der Waals surface area contributed by atoms with E-state index in [0.717, 1.165) is 12.1 Å². The Morgan fingerprint density at radius 3 is 1.12 bits per heavy atom. The van der Waals surface area contributed by atoms with Gasteiger partial charge in [-0.15, -0.1) is 0 Å². The summed E-state index contributed by atoms with van der Waals surface area (Å²) < 4.78 is 70.8. The van der Waals surface area contributed by atoms with Crippen LogP contribution in [0.2, 0.25) is 0 Å². The fourth-order valence-electron chi connectivity index (χ4n) is 4.26. The van der Waals surface area contributed by atoms with Gasteiger partial charge in [0.15, 0.2) is 10.9 Å². The third kappa shape index (κ3) is 6.29. The Morgan fingerprint density at radius 2 is 0.850 bits per heavy atom. The van der Waals surface area contributed by atoms with Gasteiger partial charge < -0.3 is 41.0 Å². The molecule has 206 valence electrons. The van der Waals surface area contributed by atoms with Crippen molar-refractivity contribution in [3.8, 4) is 0 Å². The average molecular weight is 620 g/mol. The van der Waals surface area contributed by atoms with Crippen LogP contribution in [0.4, 0.5) is 0 Å². The maximum atomic E-state index is 13.2. The second kappa shape index (κ2) is 12.9. The Kier molecular flexibility index (Phi) is 12.7. The van der Waals surface area contributed by atoms with E-state index in [0.29, 0.717) is 11.1 Å². The number of hydrogen-bond donors (Lipinski definition) is 2. The van der Waals surface area contributed by atoms with E-state index >= 15 is 0 Å². The first-order valence-electron chi connectivity index (χ1n) is 9.78. The van der Waals surface area contributed by atoms with Gasteiger partial charge in [0.2, 0.25) is 0 Å². The number of H-pyrrole nitrogens is 2. The number of benzene rings is 3. The van der Waals surface area contributed by atoms with E-state index in [1.165, 1.54) is 38.1 Å². The van der Waals surface area contributed by atoms with Crippen molar-refractivity contribution in [3.05, 3.63) is 68.0 Å². The predicted octanol–water partition coefficient (Wildman–Crippen LogP) is 0.632. The van der Waals surface area contributed by atoms with Gasteiger partial charge in [-0.05, 0) is 61.4 Å². The molecule has 5 rings (SSSR count). The van der Waals surface area contributed by atoms with Gasteiger partial charge in [-0.3, -0.25) is 9.59 Å². The third-order valence-corrected chi connectivity index (χ3v) is 7.41. The van der Waals surface area contributed by atoms with E-state index in [9.17, 15) is 35.5 Å². The van der Waals surface area contributed by atoms with Crippen LogP contribution in [-0.2, 0) is 20.2 Å². The van der Waals surface area contributed by atoms with Gasteiger partial charge in [0.1, 0.15) is 20.2 Å². The molecular weight excluding hydrogens is 602 g/mol. The molecule has 0 spiro atoms. The number of fused-ring (bicyclic) bond motifs is 4. The Morgan fingerprint density at radius 1 is 0.550 bits per heavy atom. The van der Waals surface area contributed by atoms with Crippen molar-refractivity contribution in [1.82, 2.24) is 9.97 Å². The summed E-state index contributed by atoms with van der Waals surface area (Å²) >= 11 is 0. The molecule has 0 aliphatic heterocycles. The summed E-state index contributed by atoms with van der Waals surface area (Å²) in [5, 5.41) is 0.0488. The second-order valence-electron chi connectivity index (χ2n) is 8.13. The van der Waals surface area contributed by atoms with Crippen molar-refractivity contribution in [2.45, 2.75) is 23.6 Å². The molecule has 0 aliphatic carbocycles. The third-order valence-electron chi connectivity index (χ3n) is 5.69. The number of hydrogen-bond acceptors (Lipinski definition) is 12.